The van der Waals surface area contributed by atoms with Crippen molar-refractivity contribution in [3.63, 3.8) is 0 Å². The maximum absolute atomic E-state index is 14.1. The number of rotatable bonds is 7. The molecule has 260 valence electrons. The first-order valence-corrected chi connectivity index (χ1v) is 17.9. The van der Waals surface area contributed by atoms with Gasteiger partial charge in [-0.15, -0.1) is 0 Å². The van der Waals surface area contributed by atoms with E-state index in [2.05, 4.69) is 25.2 Å². The van der Waals surface area contributed by atoms with E-state index in [0.29, 0.717) is 30.7 Å². The number of allylic oxidation sites excluding steroid dienone is 1. The first-order valence-electron chi connectivity index (χ1n) is 17.9. The minimum absolute atomic E-state index is 0.0898. The molecule has 3 heterocycles. The van der Waals surface area contributed by atoms with Gasteiger partial charge in [0.05, 0.1) is 36.5 Å². The summed E-state index contributed by atoms with van der Waals surface area (Å²) in [6.45, 7) is 10.2. The number of carbonyl (C=O) groups excluding carboxylic acids is 3. The first kappa shape index (κ1) is 34.6. The summed E-state index contributed by atoms with van der Waals surface area (Å²) in [5, 5.41) is 3.91. The molecule has 6 atom stereocenters. The minimum Gasteiger partial charge on any atom is -0.496 e. The molecule has 2 saturated carbocycles. The molecule has 0 radical (unpaired) electrons. The number of amides is 1. The Morgan fingerprint density at radius 1 is 1.04 bits per heavy atom. The SMILES string of the molecule is CCOC(=O)C12CC1/C=C/CCCCC(C)C(=O)C1CC(Oc3cc(-c4cccc(C(C)C)n4)nc4c(C)c(OC)ccc34)CC1C(=O)N2. The zero-order chi connectivity index (χ0) is 34.9. The monoisotopic (exact) mass is 667 g/mol. The van der Waals surface area contributed by atoms with E-state index in [1.54, 1.807) is 14.0 Å². The third-order valence-corrected chi connectivity index (χ3v) is 10.6. The van der Waals surface area contributed by atoms with Crippen molar-refractivity contribution >= 4 is 28.6 Å². The van der Waals surface area contributed by atoms with Crippen molar-refractivity contribution < 1.29 is 28.6 Å². The third-order valence-electron chi connectivity index (χ3n) is 10.6. The standard InChI is InChI=1S/C40H49N3O6/c1-7-48-39(46)40-22-26(40)14-11-9-8-10-13-24(4)37(44)29-19-27(20-30(29)38(45)43-40)49-35-21-33(32-16-12-15-31(41-32)23(2)3)42-36-25(5)34(47-6)18-17-28(35)36/h11-12,14-18,21,23-24,26-27,29-30H,7-10,13,19-20,22H2,1-6H3,(H,43,45)/b14-11+. The van der Waals surface area contributed by atoms with E-state index < -0.39 is 29.4 Å². The van der Waals surface area contributed by atoms with Gasteiger partial charge in [0.15, 0.2) is 0 Å². The Kier molecular flexibility index (Phi) is 10.1. The van der Waals surface area contributed by atoms with Crippen LogP contribution in [0.5, 0.6) is 11.5 Å². The van der Waals surface area contributed by atoms with E-state index in [-0.39, 0.29) is 36.1 Å². The fourth-order valence-corrected chi connectivity index (χ4v) is 7.62. The summed E-state index contributed by atoms with van der Waals surface area (Å²) in [5.74, 6) is -0.465. The number of ether oxygens (including phenoxy) is 3. The Labute approximate surface area is 289 Å². The minimum atomic E-state index is -1.09. The number of benzene rings is 1. The first-order chi connectivity index (χ1) is 23.6. The number of hydrogen-bond donors (Lipinski definition) is 1. The average molecular weight is 668 g/mol. The van der Waals surface area contributed by atoms with Crippen molar-refractivity contribution in [1.29, 1.82) is 0 Å². The lowest BCUT2D eigenvalue weighted by Gasteiger charge is -2.24. The second kappa shape index (κ2) is 14.3. The van der Waals surface area contributed by atoms with E-state index in [1.807, 2.05) is 56.3 Å². The molecule has 1 amide bonds. The number of methoxy groups -OCH3 is 1. The van der Waals surface area contributed by atoms with Crippen molar-refractivity contribution in [2.45, 2.75) is 97.1 Å². The van der Waals surface area contributed by atoms with Crippen molar-refractivity contribution in [3.05, 3.63) is 59.8 Å². The van der Waals surface area contributed by atoms with Crippen LogP contribution in [0.3, 0.4) is 0 Å². The maximum atomic E-state index is 14.1. The molecular formula is C40H49N3O6. The van der Waals surface area contributed by atoms with Crippen LogP contribution in [0.25, 0.3) is 22.3 Å². The number of hydrogen-bond acceptors (Lipinski definition) is 8. The third kappa shape index (κ3) is 6.94. The molecule has 2 fully saturated rings. The molecular weight excluding hydrogens is 618 g/mol. The summed E-state index contributed by atoms with van der Waals surface area (Å²) in [6, 6.07) is 11.7. The number of pyridine rings is 2. The maximum Gasteiger partial charge on any atom is 0.332 e. The Morgan fingerprint density at radius 2 is 1.84 bits per heavy atom. The van der Waals surface area contributed by atoms with Crippen molar-refractivity contribution in [3.8, 4) is 22.9 Å². The summed E-state index contributed by atoms with van der Waals surface area (Å²) in [6.07, 6.45) is 8.54. The highest BCUT2D eigenvalue weighted by Crippen LogP contribution is 2.48. The summed E-state index contributed by atoms with van der Waals surface area (Å²) in [5.41, 5.74) is 2.91. The molecule has 6 unspecified atom stereocenters. The fourth-order valence-electron chi connectivity index (χ4n) is 7.62. The number of ketones is 1. The topological polar surface area (TPSA) is 117 Å². The average Bonchev–Trinajstić information content (AvgIpc) is 3.62. The molecule has 1 aromatic carbocycles. The number of nitrogens with zero attached hydrogens (tertiary/aromatic N) is 2. The van der Waals surface area contributed by atoms with Gasteiger partial charge in [-0.2, -0.15) is 0 Å². The summed E-state index contributed by atoms with van der Waals surface area (Å²) in [4.78, 5) is 51.3. The van der Waals surface area contributed by atoms with Crippen molar-refractivity contribution in [2.24, 2.45) is 23.7 Å². The Morgan fingerprint density at radius 3 is 2.59 bits per heavy atom. The Bertz CT molecular complexity index is 1770. The zero-order valence-corrected chi connectivity index (χ0v) is 29.6. The number of nitrogens with one attached hydrogen (secondary N) is 1. The Balaban J connectivity index is 1.36. The Hall–Kier alpha value is -4.27. The zero-order valence-electron chi connectivity index (χ0n) is 29.6. The van der Waals surface area contributed by atoms with Gasteiger partial charge in [0.1, 0.15) is 28.9 Å². The molecule has 2 aliphatic carbocycles. The van der Waals surface area contributed by atoms with E-state index in [0.717, 1.165) is 59.3 Å². The van der Waals surface area contributed by atoms with Crippen LogP contribution in [-0.2, 0) is 19.1 Å². The second-order valence-corrected chi connectivity index (χ2v) is 14.3. The molecule has 0 spiro atoms. The normalized spacial score (nSPS) is 27.9. The highest BCUT2D eigenvalue weighted by atomic mass is 16.5. The van der Waals surface area contributed by atoms with Crippen molar-refractivity contribution in [1.82, 2.24) is 15.3 Å². The number of aromatic nitrogens is 2. The van der Waals surface area contributed by atoms with E-state index in [4.69, 9.17) is 24.2 Å². The number of fused-ring (bicyclic) bond motifs is 3. The molecule has 9 nitrogen and oxygen atoms in total. The smallest absolute Gasteiger partial charge is 0.332 e. The lowest BCUT2D eigenvalue weighted by atomic mass is 9.83. The van der Waals surface area contributed by atoms with Gasteiger partial charge in [0.2, 0.25) is 5.91 Å². The number of esters is 1. The lowest BCUT2D eigenvalue weighted by Crippen LogP contribution is -2.49. The van der Waals surface area contributed by atoms with Gasteiger partial charge in [-0.25, -0.2) is 9.78 Å². The van der Waals surface area contributed by atoms with Crippen LogP contribution in [0.1, 0.15) is 89.8 Å². The molecule has 1 N–H and O–H groups in total. The molecule has 9 heteroatoms. The number of carbonyl (C=O) groups is 3. The molecule has 2 aromatic heterocycles. The van der Waals surface area contributed by atoms with E-state index in [1.165, 1.54) is 0 Å². The predicted molar refractivity (Wildman–Crippen MR) is 188 cm³/mol. The van der Waals surface area contributed by atoms with Crippen LogP contribution < -0.4 is 14.8 Å². The van der Waals surface area contributed by atoms with E-state index in [9.17, 15) is 14.4 Å². The van der Waals surface area contributed by atoms with Crippen LogP contribution in [0.4, 0.5) is 0 Å². The van der Waals surface area contributed by atoms with Gasteiger partial charge in [-0.1, -0.05) is 45.4 Å². The van der Waals surface area contributed by atoms with Crippen molar-refractivity contribution in [2.75, 3.05) is 13.7 Å². The van der Waals surface area contributed by atoms with Gasteiger partial charge >= 0.3 is 5.97 Å². The van der Waals surface area contributed by atoms with Crippen LogP contribution in [0.15, 0.2) is 48.6 Å². The second-order valence-electron chi connectivity index (χ2n) is 14.3. The lowest BCUT2D eigenvalue weighted by molar-refractivity contribution is -0.150. The molecule has 0 bridgehead atoms. The van der Waals surface area contributed by atoms with Gasteiger partial charge in [0.25, 0.3) is 0 Å². The van der Waals surface area contributed by atoms with E-state index >= 15 is 0 Å². The largest absolute Gasteiger partial charge is 0.496 e. The van der Waals surface area contributed by atoms with Crippen LogP contribution in [-0.4, -0.2) is 53.0 Å². The number of aryl methyl sites for hydroxylation is 1. The molecule has 3 aliphatic rings. The molecule has 0 saturated heterocycles. The summed E-state index contributed by atoms with van der Waals surface area (Å²) in [7, 11) is 1.64. The summed E-state index contributed by atoms with van der Waals surface area (Å²) < 4.78 is 17.9. The molecule has 49 heavy (non-hydrogen) atoms. The van der Waals surface area contributed by atoms with Gasteiger partial charge in [-0.3, -0.25) is 14.6 Å². The predicted octanol–water partition coefficient (Wildman–Crippen LogP) is 7.28. The van der Waals surface area contributed by atoms with Crippen LogP contribution >= 0.6 is 0 Å². The molecule has 3 aromatic rings. The molecule has 6 rings (SSSR count). The van der Waals surface area contributed by atoms with Gasteiger partial charge in [0, 0.05) is 40.5 Å². The number of Topliss-reactive ketones (excluding diaryl/α,β-unsaturated/α-hetero) is 1. The van der Waals surface area contributed by atoms with Gasteiger partial charge in [-0.05, 0) is 82.6 Å². The fraction of sp³-hybridized carbons (Fsp3) is 0.525. The van der Waals surface area contributed by atoms with Crippen LogP contribution in [0.2, 0.25) is 0 Å². The highest BCUT2D eigenvalue weighted by molar-refractivity contribution is 5.96. The van der Waals surface area contributed by atoms with Gasteiger partial charge < -0.3 is 19.5 Å². The summed E-state index contributed by atoms with van der Waals surface area (Å²) >= 11 is 0. The molecule has 1 aliphatic heterocycles. The highest BCUT2D eigenvalue weighted by Gasteiger charge is 2.62. The van der Waals surface area contributed by atoms with Crippen LogP contribution in [0, 0.1) is 30.6 Å². The quantitative estimate of drug-likeness (QED) is 0.206.